The first-order chi connectivity index (χ1) is 8.36. The molecule has 1 aliphatic rings. The molecule has 0 amide bonds. The number of unbranched alkanes of at least 4 members (excludes halogenated alkanes) is 2. The van der Waals surface area contributed by atoms with Crippen molar-refractivity contribution in [3.8, 4) is 0 Å². The number of hydrogen-bond donors (Lipinski definition) is 0. The van der Waals surface area contributed by atoms with Crippen molar-refractivity contribution in [2.45, 2.75) is 64.7 Å². The molecule has 1 saturated carbocycles. The summed E-state index contributed by atoms with van der Waals surface area (Å²) in [4.78, 5) is 0. The molecule has 0 aliphatic heterocycles. The van der Waals surface area contributed by atoms with Gasteiger partial charge < -0.3 is 0 Å². The van der Waals surface area contributed by atoms with Gasteiger partial charge in [0.25, 0.3) is 0 Å². The Morgan fingerprint density at radius 2 is 1.94 bits per heavy atom. The van der Waals surface area contributed by atoms with Gasteiger partial charge in [0.2, 0.25) is 0 Å². The lowest BCUT2D eigenvalue weighted by Crippen LogP contribution is -1.92. The summed E-state index contributed by atoms with van der Waals surface area (Å²) < 4.78 is 0. The summed E-state index contributed by atoms with van der Waals surface area (Å²) in [6.45, 7) is 5.83. The zero-order chi connectivity index (χ0) is 12.3. The summed E-state index contributed by atoms with van der Waals surface area (Å²) in [6.07, 6.45) is 21.2. The van der Waals surface area contributed by atoms with Crippen molar-refractivity contribution in [1.29, 1.82) is 0 Å². The standard InChI is InChI=1S/C17H28/c1-3-5-11-16(4-2)12-7-6-8-13-17-14-9-10-15-17/h3-5,11,17H,1,6-10,12-15H2,2H3/b11-5-,16-4+. The van der Waals surface area contributed by atoms with Crippen molar-refractivity contribution < 1.29 is 0 Å². The predicted octanol–water partition coefficient (Wildman–Crippen LogP) is 5.82. The zero-order valence-corrected chi connectivity index (χ0v) is 11.5. The Kier molecular flexibility index (Phi) is 7.79. The third-order valence-electron chi connectivity index (χ3n) is 3.87. The maximum atomic E-state index is 3.71. The van der Waals surface area contributed by atoms with Gasteiger partial charge in [-0.1, -0.05) is 81.4 Å². The van der Waals surface area contributed by atoms with Crippen molar-refractivity contribution in [3.63, 3.8) is 0 Å². The lowest BCUT2D eigenvalue weighted by molar-refractivity contribution is 0.468. The van der Waals surface area contributed by atoms with Gasteiger partial charge in [-0.05, 0) is 25.7 Å². The van der Waals surface area contributed by atoms with Gasteiger partial charge in [0.05, 0.1) is 0 Å². The molecule has 1 rings (SSSR count). The van der Waals surface area contributed by atoms with Crippen molar-refractivity contribution in [3.05, 3.63) is 36.5 Å². The quantitative estimate of drug-likeness (QED) is 0.365. The van der Waals surface area contributed by atoms with Crippen molar-refractivity contribution in [2.24, 2.45) is 5.92 Å². The Labute approximate surface area is 108 Å². The van der Waals surface area contributed by atoms with Gasteiger partial charge in [-0.3, -0.25) is 0 Å². The highest BCUT2D eigenvalue weighted by Gasteiger charge is 2.13. The van der Waals surface area contributed by atoms with Crippen molar-refractivity contribution >= 4 is 0 Å². The zero-order valence-electron chi connectivity index (χ0n) is 11.5. The summed E-state index contributed by atoms with van der Waals surface area (Å²) >= 11 is 0. The molecule has 0 saturated heterocycles. The normalized spacial score (nSPS) is 18.1. The molecule has 0 aromatic heterocycles. The number of rotatable bonds is 8. The van der Waals surface area contributed by atoms with Crippen LogP contribution in [0.1, 0.15) is 64.7 Å². The minimum Gasteiger partial charge on any atom is -0.0991 e. The van der Waals surface area contributed by atoms with Crippen LogP contribution in [0.5, 0.6) is 0 Å². The average molecular weight is 232 g/mol. The molecule has 0 radical (unpaired) electrons. The van der Waals surface area contributed by atoms with E-state index in [0.717, 1.165) is 5.92 Å². The minimum absolute atomic E-state index is 1.07. The second-order valence-corrected chi connectivity index (χ2v) is 5.21. The Bertz CT molecular complexity index is 251. The van der Waals surface area contributed by atoms with E-state index in [2.05, 4.69) is 25.7 Å². The SMILES string of the molecule is C=C/C=C\C(=C/C)CCCCCC1CCCC1. The molecule has 0 spiro atoms. The monoisotopic (exact) mass is 232 g/mol. The maximum absolute atomic E-state index is 3.71. The molecular weight excluding hydrogens is 204 g/mol. The molecule has 0 bridgehead atoms. The van der Waals surface area contributed by atoms with Gasteiger partial charge in [-0.2, -0.15) is 0 Å². The van der Waals surface area contributed by atoms with E-state index < -0.39 is 0 Å². The molecule has 17 heavy (non-hydrogen) atoms. The predicted molar refractivity (Wildman–Crippen MR) is 78.1 cm³/mol. The van der Waals surface area contributed by atoms with Gasteiger partial charge in [0.15, 0.2) is 0 Å². The van der Waals surface area contributed by atoms with E-state index in [1.165, 1.54) is 63.4 Å². The van der Waals surface area contributed by atoms with Gasteiger partial charge >= 0.3 is 0 Å². The fourth-order valence-corrected chi connectivity index (χ4v) is 2.75. The first kappa shape index (κ1) is 14.3. The van der Waals surface area contributed by atoms with E-state index in [9.17, 15) is 0 Å². The second-order valence-electron chi connectivity index (χ2n) is 5.21. The Hall–Kier alpha value is -0.780. The molecule has 0 heterocycles. The van der Waals surface area contributed by atoms with Crippen LogP contribution in [-0.4, -0.2) is 0 Å². The highest BCUT2D eigenvalue weighted by atomic mass is 14.2. The summed E-state index contributed by atoms with van der Waals surface area (Å²) in [6, 6.07) is 0. The van der Waals surface area contributed by atoms with E-state index in [1.54, 1.807) is 0 Å². The van der Waals surface area contributed by atoms with E-state index in [4.69, 9.17) is 0 Å². The van der Waals surface area contributed by atoms with Crippen LogP contribution in [0.25, 0.3) is 0 Å². The summed E-state index contributed by atoms with van der Waals surface area (Å²) in [7, 11) is 0. The summed E-state index contributed by atoms with van der Waals surface area (Å²) in [5.41, 5.74) is 1.45. The molecule has 0 heteroatoms. The molecule has 1 aliphatic carbocycles. The van der Waals surface area contributed by atoms with Gasteiger partial charge in [0.1, 0.15) is 0 Å². The lowest BCUT2D eigenvalue weighted by atomic mass is 9.98. The smallest absolute Gasteiger partial charge is 0.0282 e. The van der Waals surface area contributed by atoms with Crippen LogP contribution in [0, 0.1) is 5.92 Å². The average Bonchev–Trinajstić information content (AvgIpc) is 2.85. The van der Waals surface area contributed by atoms with Crippen molar-refractivity contribution in [2.75, 3.05) is 0 Å². The largest absolute Gasteiger partial charge is 0.0991 e. The van der Waals surface area contributed by atoms with Gasteiger partial charge in [0, 0.05) is 0 Å². The first-order valence-electron chi connectivity index (χ1n) is 7.31. The highest BCUT2D eigenvalue weighted by molar-refractivity contribution is 5.20. The van der Waals surface area contributed by atoms with E-state index in [-0.39, 0.29) is 0 Å². The van der Waals surface area contributed by atoms with Crippen LogP contribution in [0.15, 0.2) is 36.5 Å². The molecule has 1 fully saturated rings. The molecular formula is C17H28. The van der Waals surface area contributed by atoms with Crippen LogP contribution in [0.3, 0.4) is 0 Å². The van der Waals surface area contributed by atoms with E-state index >= 15 is 0 Å². The van der Waals surface area contributed by atoms with Crippen molar-refractivity contribution in [1.82, 2.24) is 0 Å². The lowest BCUT2D eigenvalue weighted by Gasteiger charge is -2.08. The molecule has 0 nitrogen and oxygen atoms in total. The van der Waals surface area contributed by atoms with Gasteiger partial charge in [-0.15, -0.1) is 0 Å². The third kappa shape index (κ3) is 6.51. The minimum atomic E-state index is 1.07. The molecule has 0 aromatic carbocycles. The van der Waals surface area contributed by atoms with E-state index in [0.29, 0.717) is 0 Å². The molecule has 0 atom stereocenters. The first-order valence-corrected chi connectivity index (χ1v) is 7.31. The fourth-order valence-electron chi connectivity index (χ4n) is 2.75. The molecule has 96 valence electrons. The molecule has 0 aromatic rings. The summed E-state index contributed by atoms with van der Waals surface area (Å²) in [5, 5.41) is 0. The Morgan fingerprint density at radius 3 is 2.59 bits per heavy atom. The van der Waals surface area contributed by atoms with Gasteiger partial charge in [-0.25, -0.2) is 0 Å². The Balaban J connectivity index is 2.02. The number of hydrogen-bond acceptors (Lipinski definition) is 0. The van der Waals surface area contributed by atoms with Crippen LogP contribution in [0.4, 0.5) is 0 Å². The highest BCUT2D eigenvalue weighted by Crippen LogP contribution is 2.29. The second kappa shape index (κ2) is 9.27. The topological polar surface area (TPSA) is 0 Å². The van der Waals surface area contributed by atoms with Crippen LogP contribution >= 0.6 is 0 Å². The van der Waals surface area contributed by atoms with E-state index in [1.807, 2.05) is 12.2 Å². The summed E-state index contributed by atoms with van der Waals surface area (Å²) in [5.74, 6) is 1.07. The van der Waals surface area contributed by atoms with Crippen LogP contribution < -0.4 is 0 Å². The Morgan fingerprint density at radius 1 is 1.18 bits per heavy atom. The molecule has 0 N–H and O–H groups in total. The van der Waals surface area contributed by atoms with Crippen LogP contribution in [-0.2, 0) is 0 Å². The molecule has 0 unspecified atom stereocenters. The fraction of sp³-hybridized carbons (Fsp3) is 0.647. The number of allylic oxidation sites excluding steroid dienone is 5. The third-order valence-corrected chi connectivity index (χ3v) is 3.87. The van der Waals surface area contributed by atoms with Crippen LogP contribution in [0.2, 0.25) is 0 Å². The maximum Gasteiger partial charge on any atom is -0.0282 e.